The summed E-state index contributed by atoms with van der Waals surface area (Å²) in [4.78, 5) is 4.28. The standard InChI is InChI=1S/C16H18Cl2N2O/c1-16(2,3)20-10-11-7-8-14(19-9-11)21-13-6-4-5-12(17)15(13)18/h4-9,20H,10H2,1-3H3. The molecule has 1 N–H and O–H groups in total. The quantitative estimate of drug-likeness (QED) is 0.852. The zero-order valence-corrected chi connectivity index (χ0v) is 13.8. The first kappa shape index (κ1) is 16.1. The van der Waals surface area contributed by atoms with E-state index < -0.39 is 0 Å². The second kappa shape index (κ2) is 6.65. The van der Waals surface area contributed by atoms with Gasteiger partial charge in [-0.25, -0.2) is 4.98 Å². The van der Waals surface area contributed by atoms with Crippen LogP contribution in [0.1, 0.15) is 26.3 Å². The molecule has 3 nitrogen and oxygen atoms in total. The van der Waals surface area contributed by atoms with Crippen molar-refractivity contribution in [2.45, 2.75) is 32.9 Å². The maximum atomic E-state index is 6.08. The van der Waals surface area contributed by atoms with Crippen LogP contribution in [0.5, 0.6) is 11.6 Å². The minimum Gasteiger partial charge on any atom is -0.437 e. The predicted molar refractivity (Wildman–Crippen MR) is 87.4 cm³/mol. The van der Waals surface area contributed by atoms with Crippen LogP contribution < -0.4 is 10.1 Å². The Morgan fingerprint density at radius 2 is 1.90 bits per heavy atom. The van der Waals surface area contributed by atoms with E-state index in [1.165, 1.54) is 0 Å². The molecule has 5 heteroatoms. The average Bonchev–Trinajstić information content (AvgIpc) is 2.42. The molecular weight excluding hydrogens is 307 g/mol. The van der Waals surface area contributed by atoms with Crippen molar-refractivity contribution >= 4 is 23.2 Å². The Balaban J connectivity index is 2.04. The molecule has 0 aliphatic rings. The monoisotopic (exact) mass is 324 g/mol. The molecule has 1 heterocycles. The highest BCUT2D eigenvalue weighted by Crippen LogP contribution is 2.33. The van der Waals surface area contributed by atoms with Gasteiger partial charge in [-0.3, -0.25) is 0 Å². The molecule has 0 amide bonds. The molecule has 0 unspecified atom stereocenters. The van der Waals surface area contributed by atoms with Gasteiger partial charge in [0.2, 0.25) is 5.88 Å². The number of pyridine rings is 1. The zero-order chi connectivity index (χ0) is 15.5. The van der Waals surface area contributed by atoms with Crippen LogP contribution >= 0.6 is 23.2 Å². The Morgan fingerprint density at radius 3 is 2.52 bits per heavy atom. The van der Waals surface area contributed by atoms with Crippen LogP contribution in [0, 0.1) is 0 Å². The van der Waals surface area contributed by atoms with E-state index in [0.29, 0.717) is 21.7 Å². The van der Waals surface area contributed by atoms with E-state index in [2.05, 4.69) is 31.1 Å². The average molecular weight is 325 g/mol. The molecule has 0 spiro atoms. The van der Waals surface area contributed by atoms with Gasteiger partial charge in [0.25, 0.3) is 0 Å². The van der Waals surface area contributed by atoms with E-state index in [1.54, 1.807) is 24.4 Å². The molecular formula is C16H18Cl2N2O. The molecule has 0 aliphatic heterocycles. The third kappa shape index (κ3) is 4.88. The maximum Gasteiger partial charge on any atom is 0.219 e. The number of hydrogen-bond donors (Lipinski definition) is 1. The van der Waals surface area contributed by atoms with Crippen LogP contribution in [0.2, 0.25) is 10.0 Å². The lowest BCUT2D eigenvalue weighted by atomic mass is 10.1. The highest BCUT2D eigenvalue weighted by atomic mass is 35.5. The van der Waals surface area contributed by atoms with Gasteiger partial charge in [0, 0.05) is 24.3 Å². The minimum atomic E-state index is 0.0729. The molecule has 0 radical (unpaired) electrons. The van der Waals surface area contributed by atoms with Gasteiger partial charge in [-0.1, -0.05) is 35.3 Å². The Hall–Kier alpha value is -1.29. The number of nitrogens with one attached hydrogen (secondary N) is 1. The van der Waals surface area contributed by atoms with Gasteiger partial charge in [-0.15, -0.1) is 0 Å². The predicted octanol–water partition coefficient (Wildman–Crippen LogP) is 5.07. The summed E-state index contributed by atoms with van der Waals surface area (Å²) in [6.07, 6.45) is 1.78. The van der Waals surface area contributed by atoms with Crippen LogP contribution in [0.15, 0.2) is 36.5 Å². The van der Waals surface area contributed by atoms with Crippen molar-refractivity contribution in [1.82, 2.24) is 10.3 Å². The van der Waals surface area contributed by atoms with Gasteiger partial charge in [0.05, 0.1) is 5.02 Å². The summed E-state index contributed by atoms with van der Waals surface area (Å²) in [7, 11) is 0. The Bertz CT molecular complexity index is 607. The van der Waals surface area contributed by atoms with Gasteiger partial charge in [0.15, 0.2) is 0 Å². The summed E-state index contributed by atoms with van der Waals surface area (Å²) in [5.74, 6) is 0.982. The third-order valence-corrected chi connectivity index (χ3v) is 3.55. The highest BCUT2D eigenvalue weighted by molar-refractivity contribution is 6.42. The van der Waals surface area contributed by atoms with Gasteiger partial charge < -0.3 is 10.1 Å². The van der Waals surface area contributed by atoms with E-state index in [9.17, 15) is 0 Å². The first-order valence-electron chi connectivity index (χ1n) is 6.67. The molecule has 0 bridgehead atoms. The van der Waals surface area contributed by atoms with E-state index in [-0.39, 0.29) is 5.54 Å². The zero-order valence-electron chi connectivity index (χ0n) is 12.3. The maximum absolute atomic E-state index is 6.08. The Kier molecular flexibility index (Phi) is 5.09. The van der Waals surface area contributed by atoms with Gasteiger partial charge in [0.1, 0.15) is 10.8 Å². The van der Waals surface area contributed by atoms with Crippen LogP contribution in [0.25, 0.3) is 0 Å². The Labute approximate surface area is 135 Å². The largest absolute Gasteiger partial charge is 0.437 e. The fraction of sp³-hybridized carbons (Fsp3) is 0.312. The summed E-state index contributed by atoms with van der Waals surface area (Å²) in [5.41, 5.74) is 1.16. The van der Waals surface area contributed by atoms with Crippen molar-refractivity contribution in [3.63, 3.8) is 0 Å². The lowest BCUT2D eigenvalue weighted by Gasteiger charge is -2.20. The first-order valence-corrected chi connectivity index (χ1v) is 7.42. The van der Waals surface area contributed by atoms with Crippen LogP contribution in [0.3, 0.4) is 0 Å². The summed E-state index contributed by atoms with van der Waals surface area (Å²) in [5, 5.41) is 4.25. The number of rotatable bonds is 4. The number of ether oxygens (including phenoxy) is 1. The fourth-order valence-electron chi connectivity index (χ4n) is 1.62. The Morgan fingerprint density at radius 1 is 1.14 bits per heavy atom. The molecule has 0 aliphatic carbocycles. The first-order chi connectivity index (χ1) is 9.85. The van der Waals surface area contributed by atoms with E-state index in [0.717, 1.165) is 12.1 Å². The molecule has 2 rings (SSSR count). The van der Waals surface area contributed by atoms with E-state index in [4.69, 9.17) is 27.9 Å². The van der Waals surface area contributed by atoms with Crippen LogP contribution in [-0.2, 0) is 6.54 Å². The lowest BCUT2D eigenvalue weighted by molar-refractivity contribution is 0.423. The van der Waals surface area contributed by atoms with Gasteiger partial charge >= 0.3 is 0 Å². The highest BCUT2D eigenvalue weighted by Gasteiger charge is 2.09. The molecule has 0 fully saturated rings. The molecule has 1 aromatic heterocycles. The molecule has 21 heavy (non-hydrogen) atoms. The van der Waals surface area contributed by atoms with Crippen LogP contribution in [0.4, 0.5) is 0 Å². The minimum absolute atomic E-state index is 0.0729. The summed E-state index contributed by atoms with van der Waals surface area (Å²) in [6.45, 7) is 7.13. The molecule has 2 aromatic rings. The van der Waals surface area contributed by atoms with Crippen molar-refractivity contribution in [3.8, 4) is 11.6 Å². The summed E-state index contributed by atoms with van der Waals surface area (Å²) < 4.78 is 5.64. The smallest absolute Gasteiger partial charge is 0.219 e. The molecule has 0 saturated heterocycles. The van der Waals surface area contributed by atoms with Crippen molar-refractivity contribution in [2.24, 2.45) is 0 Å². The van der Waals surface area contributed by atoms with Crippen molar-refractivity contribution < 1.29 is 4.74 Å². The van der Waals surface area contributed by atoms with Gasteiger partial charge in [-0.2, -0.15) is 0 Å². The molecule has 1 aromatic carbocycles. The van der Waals surface area contributed by atoms with E-state index >= 15 is 0 Å². The number of benzene rings is 1. The van der Waals surface area contributed by atoms with Crippen molar-refractivity contribution in [3.05, 3.63) is 52.1 Å². The second-order valence-corrected chi connectivity index (χ2v) is 6.55. The molecule has 0 atom stereocenters. The molecule has 0 saturated carbocycles. The summed E-state index contributed by atoms with van der Waals surface area (Å²) in [6, 6.07) is 9.04. The van der Waals surface area contributed by atoms with Crippen molar-refractivity contribution in [2.75, 3.05) is 0 Å². The SMILES string of the molecule is CC(C)(C)NCc1ccc(Oc2cccc(Cl)c2Cl)nc1. The number of hydrogen-bond acceptors (Lipinski definition) is 3. The normalized spacial score (nSPS) is 11.5. The number of nitrogens with zero attached hydrogens (tertiary/aromatic N) is 1. The van der Waals surface area contributed by atoms with E-state index in [1.807, 2.05) is 12.1 Å². The summed E-state index contributed by atoms with van der Waals surface area (Å²) >= 11 is 12.0. The topological polar surface area (TPSA) is 34.1 Å². The lowest BCUT2D eigenvalue weighted by Crippen LogP contribution is -2.35. The molecule has 112 valence electrons. The number of halogens is 2. The van der Waals surface area contributed by atoms with Crippen molar-refractivity contribution in [1.29, 1.82) is 0 Å². The van der Waals surface area contributed by atoms with Crippen LogP contribution in [-0.4, -0.2) is 10.5 Å². The fourth-order valence-corrected chi connectivity index (χ4v) is 1.95. The third-order valence-electron chi connectivity index (χ3n) is 2.75. The second-order valence-electron chi connectivity index (χ2n) is 5.76. The number of aromatic nitrogens is 1. The van der Waals surface area contributed by atoms with Gasteiger partial charge in [-0.05, 0) is 38.5 Å².